The molecular formula is C23H29N5OS. The summed E-state index contributed by atoms with van der Waals surface area (Å²) in [7, 11) is 5.75. The Hall–Kier alpha value is -2.51. The lowest BCUT2D eigenvalue weighted by Crippen LogP contribution is -2.37. The molecule has 0 unspecified atom stereocenters. The smallest absolute Gasteiger partial charge is 0.274 e. The fourth-order valence-electron chi connectivity index (χ4n) is 4.18. The van der Waals surface area contributed by atoms with Crippen molar-refractivity contribution in [2.24, 2.45) is 0 Å². The van der Waals surface area contributed by atoms with Crippen LogP contribution in [0.1, 0.15) is 44.4 Å². The highest BCUT2D eigenvalue weighted by Gasteiger charge is 2.31. The van der Waals surface area contributed by atoms with Crippen LogP contribution in [0.5, 0.6) is 0 Å². The molecular weight excluding hydrogens is 394 g/mol. The molecule has 6 nitrogen and oxygen atoms in total. The molecule has 0 fully saturated rings. The zero-order chi connectivity index (χ0) is 21.3. The molecule has 0 radical (unpaired) electrons. The van der Waals surface area contributed by atoms with E-state index in [4.69, 9.17) is 5.10 Å². The van der Waals surface area contributed by atoms with E-state index in [1.807, 2.05) is 29.8 Å². The molecule has 0 aliphatic heterocycles. The normalized spacial score (nSPS) is 16.0. The Balaban J connectivity index is 1.60. The SMILES string of the molecule is Cc1nc(CN(C)[C@@H]2CCc3c(c(C(=O)N(C)C)nn3Cc3ccccc3)C2)cs1. The van der Waals surface area contributed by atoms with Gasteiger partial charge in [-0.3, -0.25) is 14.4 Å². The van der Waals surface area contributed by atoms with Gasteiger partial charge in [0.1, 0.15) is 0 Å². The quantitative estimate of drug-likeness (QED) is 0.610. The summed E-state index contributed by atoms with van der Waals surface area (Å²) in [6.45, 7) is 3.57. The van der Waals surface area contributed by atoms with E-state index < -0.39 is 0 Å². The average molecular weight is 424 g/mol. The summed E-state index contributed by atoms with van der Waals surface area (Å²) in [4.78, 5) is 21.5. The molecule has 30 heavy (non-hydrogen) atoms. The number of carbonyl (C=O) groups is 1. The molecule has 7 heteroatoms. The number of hydrogen-bond donors (Lipinski definition) is 0. The number of carbonyl (C=O) groups excluding carboxylic acids is 1. The number of amides is 1. The van der Waals surface area contributed by atoms with Crippen LogP contribution < -0.4 is 0 Å². The van der Waals surface area contributed by atoms with E-state index in [9.17, 15) is 4.79 Å². The molecule has 1 aliphatic rings. The number of hydrogen-bond acceptors (Lipinski definition) is 5. The van der Waals surface area contributed by atoms with Gasteiger partial charge < -0.3 is 4.90 Å². The minimum absolute atomic E-state index is 0.0171. The zero-order valence-corrected chi connectivity index (χ0v) is 18.9. The standard InChI is InChI=1S/C23H29N5OS/c1-16-24-18(15-30-16)14-27(4)19-10-11-21-20(12-19)22(23(29)26(2)3)25-28(21)13-17-8-6-5-7-9-17/h5-9,15,19H,10-14H2,1-4H3/t19-/m1/s1. The molecule has 0 saturated carbocycles. The first-order valence-electron chi connectivity index (χ1n) is 10.4. The van der Waals surface area contributed by atoms with Crippen molar-refractivity contribution in [2.45, 2.75) is 45.3 Å². The first kappa shape index (κ1) is 20.8. The zero-order valence-electron chi connectivity index (χ0n) is 18.1. The van der Waals surface area contributed by atoms with Crippen molar-refractivity contribution >= 4 is 17.2 Å². The summed E-state index contributed by atoms with van der Waals surface area (Å²) >= 11 is 1.69. The summed E-state index contributed by atoms with van der Waals surface area (Å²) in [5.41, 5.74) is 5.24. The molecule has 0 bridgehead atoms. The predicted octanol–water partition coefficient (Wildman–Crippen LogP) is 3.39. The Morgan fingerprint density at radius 3 is 2.67 bits per heavy atom. The monoisotopic (exact) mass is 423 g/mol. The van der Waals surface area contributed by atoms with Crippen LogP contribution in [0, 0.1) is 6.92 Å². The molecule has 1 aromatic carbocycles. The van der Waals surface area contributed by atoms with Gasteiger partial charge in [-0.1, -0.05) is 30.3 Å². The number of thiazole rings is 1. The van der Waals surface area contributed by atoms with E-state index in [1.54, 1.807) is 30.3 Å². The van der Waals surface area contributed by atoms with Crippen molar-refractivity contribution in [1.29, 1.82) is 0 Å². The van der Waals surface area contributed by atoms with Crippen LogP contribution in [0.2, 0.25) is 0 Å². The van der Waals surface area contributed by atoms with Crippen molar-refractivity contribution in [3.05, 3.63) is 68.9 Å². The summed E-state index contributed by atoms with van der Waals surface area (Å²) in [5.74, 6) is -0.0171. The van der Waals surface area contributed by atoms with Gasteiger partial charge in [-0.05, 0) is 38.8 Å². The van der Waals surface area contributed by atoms with Gasteiger partial charge in [0, 0.05) is 43.3 Å². The fourth-order valence-corrected chi connectivity index (χ4v) is 4.79. The molecule has 0 N–H and O–H groups in total. The van der Waals surface area contributed by atoms with Crippen LogP contribution in [0.4, 0.5) is 0 Å². The van der Waals surface area contributed by atoms with E-state index in [0.29, 0.717) is 18.3 Å². The van der Waals surface area contributed by atoms with Crippen molar-refractivity contribution < 1.29 is 4.79 Å². The maximum Gasteiger partial charge on any atom is 0.274 e. The van der Waals surface area contributed by atoms with Crippen LogP contribution in [-0.4, -0.2) is 57.7 Å². The minimum atomic E-state index is -0.0171. The minimum Gasteiger partial charge on any atom is -0.343 e. The second-order valence-corrected chi connectivity index (χ2v) is 9.35. The van der Waals surface area contributed by atoms with E-state index in [1.165, 1.54) is 11.3 Å². The van der Waals surface area contributed by atoms with Gasteiger partial charge >= 0.3 is 0 Å². The number of aromatic nitrogens is 3. The number of benzene rings is 1. The molecule has 1 amide bonds. The maximum absolute atomic E-state index is 12.9. The lowest BCUT2D eigenvalue weighted by molar-refractivity contribution is 0.0819. The molecule has 2 heterocycles. The molecule has 0 spiro atoms. The third kappa shape index (κ3) is 4.32. The van der Waals surface area contributed by atoms with Gasteiger partial charge in [-0.25, -0.2) is 4.98 Å². The van der Waals surface area contributed by atoms with E-state index in [-0.39, 0.29) is 5.91 Å². The summed E-state index contributed by atoms with van der Waals surface area (Å²) in [6.07, 6.45) is 2.84. The number of rotatable bonds is 6. The summed E-state index contributed by atoms with van der Waals surface area (Å²) in [6, 6.07) is 10.7. The first-order valence-corrected chi connectivity index (χ1v) is 11.3. The van der Waals surface area contributed by atoms with Gasteiger partial charge in [-0.2, -0.15) is 5.10 Å². The Morgan fingerprint density at radius 2 is 2.00 bits per heavy atom. The number of fused-ring (bicyclic) bond motifs is 1. The molecule has 158 valence electrons. The second kappa shape index (κ2) is 8.70. The van der Waals surface area contributed by atoms with Crippen molar-refractivity contribution in [2.75, 3.05) is 21.1 Å². The Kier molecular flexibility index (Phi) is 6.01. The van der Waals surface area contributed by atoms with Gasteiger partial charge in [0.25, 0.3) is 5.91 Å². The largest absolute Gasteiger partial charge is 0.343 e. The van der Waals surface area contributed by atoms with Crippen LogP contribution in [0.3, 0.4) is 0 Å². The highest BCUT2D eigenvalue weighted by Crippen LogP contribution is 2.29. The van der Waals surface area contributed by atoms with Crippen LogP contribution in [0.15, 0.2) is 35.7 Å². The van der Waals surface area contributed by atoms with Crippen molar-refractivity contribution in [1.82, 2.24) is 24.6 Å². The Bertz CT molecular complexity index is 1020. The highest BCUT2D eigenvalue weighted by atomic mass is 32.1. The highest BCUT2D eigenvalue weighted by molar-refractivity contribution is 7.09. The van der Waals surface area contributed by atoms with Gasteiger partial charge in [0.15, 0.2) is 5.69 Å². The van der Waals surface area contributed by atoms with E-state index in [0.717, 1.165) is 42.1 Å². The lowest BCUT2D eigenvalue weighted by atomic mass is 9.90. The Morgan fingerprint density at radius 1 is 1.23 bits per heavy atom. The van der Waals surface area contributed by atoms with E-state index in [2.05, 4.69) is 34.4 Å². The lowest BCUT2D eigenvalue weighted by Gasteiger charge is -2.31. The molecule has 4 rings (SSSR count). The van der Waals surface area contributed by atoms with Crippen LogP contribution in [0.25, 0.3) is 0 Å². The number of aryl methyl sites for hydroxylation is 1. The molecule has 1 aliphatic carbocycles. The molecule has 1 atom stereocenters. The van der Waals surface area contributed by atoms with Crippen molar-refractivity contribution in [3.8, 4) is 0 Å². The van der Waals surface area contributed by atoms with Crippen LogP contribution >= 0.6 is 11.3 Å². The average Bonchev–Trinajstić information content (AvgIpc) is 3.31. The second-order valence-electron chi connectivity index (χ2n) is 8.29. The maximum atomic E-state index is 12.9. The predicted molar refractivity (Wildman–Crippen MR) is 120 cm³/mol. The molecule has 3 aromatic rings. The van der Waals surface area contributed by atoms with Crippen molar-refractivity contribution in [3.63, 3.8) is 0 Å². The topological polar surface area (TPSA) is 54.3 Å². The number of nitrogens with zero attached hydrogens (tertiary/aromatic N) is 5. The summed E-state index contributed by atoms with van der Waals surface area (Å²) < 4.78 is 2.04. The van der Waals surface area contributed by atoms with Crippen LogP contribution in [-0.2, 0) is 25.9 Å². The van der Waals surface area contributed by atoms with Gasteiger partial charge in [0.05, 0.1) is 17.2 Å². The third-order valence-electron chi connectivity index (χ3n) is 5.81. The first-order chi connectivity index (χ1) is 14.4. The number of likely N-dealkylation sites (N-methyl/N-ethyl adjacent to an activating group) is 1. The van der Waals surface area contributed by atoms with Gasteiger partial charge in [0.2, 0.25) is 0 Å². The third-order valence-corrected chi connectivity index (χ3v) is 6.63. The van der Waals surface area contributed by atoms with E-state index >= 15 is 0 Å². The Labute approximate surface area is 182 Å². The molecule has 2 aromatic heterocycles. The van der Waals surface area contributed by atoms with Gasteiger partial charge in [-0.15, -0.1) is 11.3 Å². The molecule has 0 saturated heterocycles. The fraction of sp³-hybridized carbons (Fsp3) is 0.435. The summed E-state index contributed by atoms with van der Waals surface area (Å²) in [5, 5.41) is 8.03.